The maximum Gasteiger partial charge on any atom is 0.0713 e. The average Bonchev–Trinajstić information content (AvgIpc) is 4.02. The van der Waals surface area contributed by atoms with Crippen molar-refractivity contribution in [3.63, 3.8) is 0 Å². The Morgan fingerprint density at radius 2 is 0.871 bits per heavy atom. The molecular weight excluding hydrogens is 863 g/mol. The standard InChI is InChI=1S/C68H47NS/c1-67(2)63-41-48(47-29-28-44-16-9-10-17-46(44)40-47)32-37-56(63)57-38-35-53(43-64(57)67)69(51-33-30-45(31-34-51)54-24-15-25-59-58-23-12-14-27-65(58)70-66(54)59)52-36-39-62-60(42-52)55-22-11-13-26-61(55)68(62,49-18-5-3-6-19-49)50-20-7-4-8-21-50/h3-43H,1-2H3. The number of rotatable bonds is 7. The summed E-state index contributed by atoms with van der Waals surface area (Å²) in [7, 11) is 0. The lowest BCUT2D eigenvalue weighted by Gasteiger charge is -2.34. The van der Waals surface area contributed by atoms with Crippen LogP contribution >= 0.6 is 11.3 Å². The Hall–Kier alpha value is -8.30. The van der Waals surface area contributed by atoms with Crippen molar-refractivity contribution in [1.29, 1.82) is 0 Å². The highest BCUT2D eigenvalue weighted by atomic mass is 32.1. The van der Waals surface area contributed by atoms with Gasteiger partial charge in [0.25, 0.3) is 0 Å². The SMILES string of the molecule is CC1(C)c2cc(-c3ccc4ccccc4c3)ccc2-c2ccc(N(c3ccc(-c4cccc5c4sc4ccccc45)cc3)c3ccc4c(c3)-c3ccccc3C4(c3ccccc3)c3ccccc3)cc21. The van der Waals surface area contributed by atoms with Crippen LogP contribution in [0.3, 0.4) is 0 Å². The van der Waals surface area contributed by atoms with E-state index < -0.39 is 5.41 Å². The number of thiophene rings is 1. The second kappa shape index (κ2) is 15.6. The summed E-state index contributed by atoms with van der Waals surface area (Å²) in [5.74, 6) is 0. The summed E-state index contributed by atoms with van der Waals surface area (Å²) < 4.78 is 2.65. The first-order valence-electron chi connectivity index (χ1n) is 24.4. The zero-order valence-electron chi connectivity index (χ0n) is 39.0. The van der Waals surface area contributed by atoms with E-state index in [1.807, 2.05) is 11.3 Å². The second-order valence-corrected chi connectivity index (χ2v) is 20.6. The van der Waals surface area contributed by atoms with Crippen molar-refractivity contribution in [3.05, 3.63) is 282 Å². The molecule has 2 aliphatic rings. The van der Waals surface area contributed by atoms with Gasteiger partial charge in [0, 0.05) is 42.6 Å². The zero-order chi connectivity index (χ0) is 46.6. The van der Waals surface area contributed by atoms with Crippen molar-refractivity contribution in [1.82, 2.24) is 0 Å². The predicted molar refractivity (Wildman–Crippen MR) is 297 cm³/mol. The Morgan fingerprint density at radius 3 is 1.67 bits per heavy atom. The van der Waals surface area contributed by atoms with Gasteiger partial charge in [0.15, 0.2) is 0 Å². The van der Waals surface area contributed by atoms with Gasteiger partial charge in [-0.1, -0.05) is 208 Å². The third kappa shape index (κ3) is 6.03. The number of hydrogen-bond acceptors (Lipinski definition) is 2. The first kappa shape index (κ1) is 40.7. The Morgan fingerprint density at radius 1 is 0.329 bits per heavy atom. The fraction of sp³-hybridized carbons (Fsp3) is 0.0588. The number of benzene rings is 11. The van der Waals surface area contributed by atoms with Gasteiger partial charge in [0.05, 0.1) is 5.41 Å². The van der Waals surface area contributed by atoms with E-state index in [2.05, 4.69) is 267 Å². The number of nitrogens with zero attached hydrogens (tertiary/aromatic N) is 1. The van der Waals surface area contributed by atoms with E-state index in [9.17, 15) is 0 Å². The van der Waals surface area contributed by atoms with Crippen molar-refractivity contribution in [2.24, 2.45) is 0 Å². The molecular formula is C68H47NS. The lowest BCUT2D eigenvalue weighted by Crippen LogP contribution is -2.28. The third-order valence-electron chi connectivity index (χ3n) is 15.5. The summed E-state index contributed by atoms with van der Waals surface area (Å²) in [4.78, 5) is 2.48. The summed E-state index contributed by atoms with van der Waals surface area (Å²) in [5, 5.41) is 5.16. The summed E-state index contributed by atoms with van der Waals surface area (Å²) in [6, 6.07) is 93.0. The van der Waals surface area contributed by atoms with Crippen LogP contribution in [-0.2, 0) is 10.8 Å². The minimum atomic E-state index is -0.470. The molecule has 12 aromatic rings. The molecule has 1 nitrogen and oxygen atoms in total. The number of anilines is 3. The molecule has 0 unspecified atom stereocenters. The number of hydrogen-bond donors (Lipinski definition) is 0. The maximum absolute atomic E-state index is 2.48. The molecule has 0 amide bonds. The van der Waals surface area contributed by atoms with Gasteiger partial charge >= 0.3 is 0 Å². The largest absolute Gasteiger partial charge is 0.310 e. The van der Waals surface area contributed by atoms with E-state index in [4.69, 9.17) is 0 Å². The lowest BCUT2D eigenvalue weighted by molar-refractivity contribution is 0.660. The fourth-order valence-electron chi connectivity index (χ4n) is 12.2. The first-order chi connectivity index (χ1) is 34.4. The molecule has 14 rings (SSSR count). The summed E-state index contributed by atoms with van der Waals surface area (Å²) in [6.45, 7) is 4.80. The molecule has 70 heavy (non-hydrogen) atoms. The molecule has 1 heterocycles. The van der Waals surface area contributed by atoms with Crippen LogP contribution in [0, 0.1) is 0 Å². The minimum Gasteiger partial charge on any atom is -0.310 e. The molecule has 0 fully saturated rings. The highest BCUT2D eigenvalue weighted by molar-refractivity contribution is 7.26. The Labute approximate surface area is 413 Å². The quantitative estimate of drug-likeness (QED) is 0.154. The maximum atomic E-state index is 2.48. The summed E-state index contributed by atoms with van der Waals surface area (Å²) in [6.07, 6.45) is 0. The minimum absolute atomic E-state index is 0.228. The molecule has 0 bridgehead atoms. The highest BCUT2D eigenvalue weighted by Gasteiger charge is 2.46. The van der Waals surface area contributed by atoms with Crippen molar-refractivity contribution in [2.45, 2.75) is 24.7 Å². The van der Waals surface area contributed by atoms with E-state index in [0.717, 1.165) is 17.1 Å². The second-order valence-electron chi connectivity index (χ2n) is 19.6. The van der Waals surface area contributed by atoms with Gasteiger partial charge in [-0.25, -0.2) is 0 Å². The molecule has 0 atom stereocenters. The molecule has 2 heteroatoms. The van der Waals surface area contributed by atoms with Crippen LogP contribution < -0.4 is 4.90 Å². The molecule has 0 saturated heterocycles. The lowest BCUT2D eigenvalue weighted by atomic mass is 9.68. The van der Waals surface area contributed by atoms with Crippen LogP contribution in [0.1, 0.15) is 47.2 Å². The van der Waals surface area contributed by atoms with Gasteiger partial charge < -0.3 is 4.90 Å². The fourth-order valence-corrected chi connectivity index (χ4v) is 13.4. The van der Waals surface area contributed by atoms with E-state index in [-0.39, 0.29) is 5.41 Å². The Bertz CT molecular complexity index is 3990. The van der Waals surface area contributed by atoms with E-state index in [1.165, 1.54) is 109 Å². The van der Waals surface area contributed by atoms with Crippen LogP contribution in [0.25, 0.3) is 75.5 Å². The number of fused-ring (bicyclic) bond motifs is 10. The molecule has 330 valence electrons. The molecule has 0 radical (unpaired) electrons. The van der Waals surface area contributed by atoms with Crippen molar-refractivity contribution < 1.29 is 0 Å². The molecule has 0 spiro atoms. The Kier molecular flexibility index (Phi) is 9.09. The zero-order valence-corrected chi connectivity index (χ0v) is 39.8. The molecule has 1 aromatic heterocycles. The summed E-state index contributed by atoms with van der Waals surface area (Å²) in [5.41, 5.74) is 20.7. The van der Waals surface area contributed by atoms with Gasteiger partial charge in [0.1, 0.15) is 0 Å². The third-order valence-corrected chi connectivity index (χ3v) is 16.8. The topological polar surface area (TPSA) is 3.24 Å². The van der Waals surface area contributed by atoms with Gasteiger partial charge in [-0.2, -0.15) is 0 Å². The Balaban J connectivity index is 0.933. The molecule has 2 aliphatic carbocycles. The first-order valence-corrected chi connectivity index (χ1v) is 25.2. The van der Waals surface area contributed by atoms with E-state index in [0.29, 0.717) is 0 Å². The highest BCUT2D eigenvalue weighted by Crippen LogP contribution is 2.58. The molecule has 0 N–H and O–H groups in total. The smallest absolute Gasteiger partial charge is 0.0713 e. The average molecular weight is 910 g/mol. The van der Waals surface area contributed by atoms with Crippen molar-refractivity contribution >= 4 is 59.3 Å². The molecule has 0 saturated carbocycles. The molecule has 0 aliphatic heterocycles. The van der Waals surface area contributed by atoms with Crippen LogP contribution in [-0.4, -0.2) is 0 Å². The summed E-state index contributed by atoms with van der Waals surface area (Å²) >= 11 is 1.88. The van der Waals surface area contributed by atoms with Crippen LogP contribution in [0.5, 0.6) is 0 Å². The normalized spacial score (nSPS) is 13.8. The van der Waals surface area contributed by atoms with E-state index >= 15 is 0 Å². The van der Waals surface area contributed by atoms with Gasteiger partial charge in [-0.15, -0.1) is 11.3 Å². The predicted octanol–water partition coefficient (Wildman–Crippen LogP) is 18.7. The monoisotopic (exact) mass is 909 g/mol. The van der Waals surface area contributed by atoms with Crippen LogP contribution in [0.15, 0.2) is 249 Å². The van der Waals surface area contributed by atoms with Gasteiger partial charge in [-0.05, 0) is 143 Å². The van der Waals surface area contributed by atoms with Gasteiger partial charge in [-0.3, -0.25) is 0 Å². The molecule has 11 aromatic carbocycles. The van der Waals surface area contributed by atoms with E-state index in [1.54, 1.807) is 0 Å². The van der Waals surface area contributed by atoms with Crippen molar-refractivity contribution in [3.8, 4) is 44.5 Å². The van der Waals surface area contributed by atoms with Crippen molar-refractivity contribution in [2.75, 3.05) is 4.90 Å². The van der Waals surface area contributed by atoms with Gasteiger partial charge in [0.2, 0.25) is 0 Å². The van der Waals surface area contributed by atoms with Crippen LogP contribution in [0.2, 0.25) is 0 Å². The van der Waals surface area contributed by atoms with Crippen LogP contribution in [0.4, 0.5) is 17.1 Å².